The van der Waals surface area contributed by atoms with E-state index >= 15 is 0 Å². The fourth-order valence-corrected chi connectivity index (χ4v) is 3.85. The highest BCUT2D eigenvalue weighted by molar-refractivity contribution is 7.71. The van der Waals surface area contributed by atoms with Crippen LogP contribution in [0.2, 0.25) is 0 Å². The number of thiophene rings is 1. The molecule has 0 spiro atoms. The first-order chi connectivity index (χ1) is 10.1. The predicted octanol–water partition coefficient (Wildman–Crippen LogP) is 4.29. The van der Waals surface area contributed by atoms with Gasteiger partial charge in [-0.05, 0) is 56.8 Å². The number of rotatable bonds is 3. The third-order valence-corrected chi connectivity index (χ3v) is 4.78. The first-order valence-corrected chi connectivity index (χ1v) is 7.95. The average molecular weight is 316 g/mol. The van der Waals surface area contributed by atoms with Crippen molar-refractivity contribution in [2.75, 3.05) is 0 Å². The lowest BCUT2D eigenvalue weighted by Gasteiger charge is -2.15. The van der Waals surface area contributed by atoms with Crippen LogP contribution < -0.4 is 0 Å². The van der Waals surface area contributed by atoms with Gasteiger partial charge in [0.05, 0.1) is 6.04 Å². The summed E-state index contributed by atoms with van der Waals surface area (Å²) in [6, 6.07) is 8.14. The summed E-state index contributed by atoms with van der Waals surface area (Å²) in [6.45, 7) is 6.42. The summed E-state index contributed by atoms with van der Waals surface area (Å²) in [5.74, 6) is 0.774. The lowest BCUT2D eigenvalue weighted by atomic mass is 10.1. The van der Waals surface area contributed by atoms with Gasteiger partial charge in [-0.2, -0.15) is 5.10 Å². The van der Waals surface area contributed by atoms with Crippen LogP contribution in [0.25, 0.3) is 11.5 Å². The largest absolute Gasteiger partial charge is 0.291 e. The Morgan fingerprint density at radius 2 is 2.14 bits per heavy atom. The van der Waals surface area contributed by atoms with E-state index in [9.17, 15) is 0 Å². The second-order valence-electron chi connectivity index (χ2n) is 4.98. The Hall–Kier alpha value is -1.79. The molecule has 0 saturated carbocycles. The summed E-state index contributed by atoms with van der Waals surface area (Å²) in [7, 11) is 0. The van der Waals surface area contributed by atoms with E-state index in [4.69, 9.17) is 12.2 Å². The van der Waals surface area contributed by atoms with E-state index in [1.165, 1.54) is 15.3 Å². The fourth-order valence-electron chi connectivity index (χ4n) is 2.54. The van der Waals surface area contributed by atoms with Gasteiger partial charge < -0.3 is 0 Å². The van der Waals surface area contributed by atoms with Gasteiger partial charge in [-0.15, -0.1) is 11.3 Å². The molecule has 6 heteroatoms. The number of pyridine rings is 1. The number of aryl methyl sites for hydroxylation is 2. The Morgan fingerprint density at radius 3 is 2.76 bits per heavy atom. The van der Waals surface area contributed by atoms with Crippen molar-refractivity contribution < 1.29 is 0 Å². The number of aromatic nitrogens is 4. The highest BCUT2D eigenvalue weighted by Crippen LogP contribution is 2.31. The molecule has 3 rings (SSSR count). The maximum Gasteiger partial charge on any atom is 0.196 e. The predicted molar refractivity (Wildman–Crippen MR) is 88.2 cm³/mol. The van der Waals surface area contributed by atoms with Crippen molar-refractivity contribution in [2.24, 2.45) is 0 Å². The van der Waals surface area contributed by atoms with E-state index in [1.54, 1.807) is 6.20 Å². The molecule has 0 saturated heterocycles. The summed E-state index contributed by atoms with van der Waals surface area (Å²) in [5.41, 5.74) is 2.11. The summed E-state index contributed by atoms with van der Waals surface area (Å²) in [4.78, 5) is 7.00. The van der Waals surface area contributed by atoms with Crippen LogP contribution in [0.1, 0.15) is 28.3 Å². The number of hydrogen-bond donors (Lipinski definition) is 1. The number of nitrogens with zero attached hydrogens (tertiary/aromatic N) is 3. The lowest BCUT2D eigenvalue weighted by molar-refractivity contribution is 0.633. The molecular weight excluding hydrogens is 300 g/mol. The number of hydrogen-bond acceptors (Lipinski definition) is 4. The van der Waals surface area contributed by atoms with Gasteiger partial charge >= 0.3 is 0 Å². The Kier molecular flexibility index (Phi) is 3.73. The molecule has 0 amide bonds. The molecule has 1 atom stereocenters. The molecule has 0 aliphatic carbocycles. The van der Waals surface area contributed by atoms with Crippen molar-refractivity contribution in [3.8, 4) is 11.5 Å². The van der Waals surface area contributed by atoms with Gasteiger partial charge in [0.2, 0.25) is 0 Å². The van der Waals surface area contributed by atoms with Crippen molar-refractivity contribution in [1.29, 1.82) is 0 Å². The lowest BCUT2D eigenvalue weighted by Crippen LogP contribution is -2.09. The molecule has 0 aromatic carbocycles. The smallest absolute Gasteiger partial charge is 0.196 e. The van der Waals surface area contributed by atoms with Crippen molar-refractivity contribution >= 4 is 23.6 Å². The van der Waals surface area contributed by atoms with E-state index in [0.717, 1.165) is 11.5 Å². The second-order valence-corrected chi connectivity index (χ2v) is 6.83. The molecule has 108 valence electrons. The number of aromatic amines is 1. The molecule has 0 aliphatic rings. The third-order valence-electron chi connectivity index (χ3n) is 3.52. The first-order valence-electron chi connectivity index (χ1n) is 6.73. The van der Waals surface area contributed by atoms with Gasteiger partial charge in [-0.3, -0.25) is 14.6 Å². The molecule has 1 unspecified atom stereocenters. The maximum absolute atomic E-state index is 5.42. The minimum absolute atomic E-state index is 0.123. The standard InChI is InChI=1S/C15H16N4S2/c1-9-8-12(11(3)21-9)10(2)19-14(17-18-15(19)20)13-6-4-5-7-16-13/h4-8,10H,1-3H3,(H,18,20). The quantitative estimate of drug-likeness (QED) is 0.733. The van der Waals surface area contributed by atoms with Crippen LogP contribution in [0.4, 0.5) is 0 Å². The molecule has 0 fully saturated rings. The van der Waals surface area contributed by atoms with Crippen molar-refractivity contribution in [3.63, 3.8) is 0 Å². The van der Waals surface area contributed by atoms with Crippen molar-refractivity contribution in [3.05, 3.63) is 50.6 Å². The number of nitrogens with one attached hydrogen (secondary N) is 1. The Bertz CT molecular complexity index is 814. The SMILES string of the molecule is Cc1cc(C(C)n2c(-c3ccccn3)n[nH]c2=S)c(C)s1. The summed E-state index contributed by atoms with van der Waals surface area (Å²) < 4.78 is 2.65. The zero-order valence-corrected chi connectivity index (χ0v) is 13.8. The Labute approximate surface area is 132 Å². The van der Waals surface area contributed by atoms with Gasteiger partial charge in [0.15, 0.2) is 10.6 Å². The van der Waals surface area contributed by atoms with Crippen LogP contribution in [0.15, 0.2) is 30.5 Å². The monoisotopic (exact) mass is 316 g/mol. The molecule has 0 aliphatic heterocycles. The zero-order chi connectivity index (χ0) is 15.0. The number of H-pyrrole nitrogens is 1. The normalized spacial score (nSPS) is 12.5. The molecule has 3 aromatic heterocycles. The van der Waals surface area contributed by atoms with Crippen LogP contribution in [-0.2, 0) is 0 Å². The van der Waals surface area contributed by atoms with Crippen LogP contribution in [0.3, 0.4) is 0 Å². The fraction of sp³-hybridized carbons (Fsp3) is 0.267. The minimum Gasteiger partial charge on any atom is -0.291 e. The van der Waals surface area contributed by atoms with E-state index in [0.29, 0.717) is 4.77 Å². The Balaban J connectivity index is 2.13. The van der Waals surface area contributed by atoms with E-state index in [2.05, 4.69) is 42.0 Å². The summed E-state index contributed by atoms with van der Waals surface area (Å²) in [6.07, 6.45) is 1.77. The minimum atomic E-state index is 0.123. The first kappa shape index (κ1) is 14.2. The highest BCUT2D eigenvalue weighted by atomic mass is 32.1. The molecule has 3 heterocycles. The van der Waals surface area contributed by atoms with E-state index < -0.39 is 0 Å². The van der Waals surface area contributed by atoms with E-state index in [-0.39, 0.29) is 6.04 Å². The molecule has 0 radical (unpaired) electrons. The molecule has 0 bridgehead atoms. The Morgan fingerprint density at radius 1 is 1.33 bits per heavy atom. The van der Waals surface area contributed by atoms with Gasteiger partial charge in [0.1, 0.15) is 5.69 Å². The molecule has 4 nitrogen and oxygen atoms in total. The van der Waals surface area contributed by atoms with Crippen LogP contribution in [0.5, 0.6) is 0 Å². The highest BCUT2D eigenvalue weighted by Gasteiger charge is 2.19. The average Bonchev–Trinajstić information content (AvgIpc) is 3.02. The van der Waals surface area contributed by atoms with Gasteiger partial charge in [-0.1, -0.05) is 6.07 Å². The molecule has 21 heavy (non-hydrogen) atoms. The topological polar surface area (TPSA) is 46.5 Å². The molecule has 1 N–H and O–H groups in total. The van der Waals surface area contributed by atoms with Crippen molar-refractivity contribution in [2.45, 2.75) is 26.8 Å². The third kappa shape index (κ3) is 2.56. The maximum atomic E-state index is 5.42. The van der Waals surface area contributed by atoms with Crippen molar-refractivity contribution in [1.82, 2.24) is 19.7 Å². The summed E-state index contributed by atoms with van der Waals surface area (Å²) in [5, 5.41) is 7.25. The van der Waals surface area contributed by atoms with Gasteiger partial charge in [0.25, 0.3) is 0 Å². The van der Waals surface area contributed by atoms with Gasteiger partial charge in [0, 0.05) is 16.0 Å². The van der Waals surface area contributed by atoms with Crippen LogP contribution in [-0.4, -0.2) is 19.7 Å². The van der Waals surface area contributed by atoms with Gasteiger partial charge in [-0.25, -0.2) is 0 Å². The second kappa shape index (κ2) is 5.54. The molecule has 3 aromatic rings. The van der Waals surface area contributed by atoms with E-state index in [1.807, 2.05) is 34.1 Å². The van der Waals surface area contributed by atoms with Crippen LogP contribution >= 0.6 is 23.6 Å². The zero-order valence-electron chi connectivity index (χ0n) is 12.1. The molecular formula is C15H16N4S2. The summed E-state index contributed by atoms with van der Waals surface area (Å²) >= 11 is 7.23. The van der Waals surface area contributed by atoms with Crippen LogP contribution in [0, 0.1) is 18.6 Å².